The van der Waals surface area contributed by atoms with Crippen LogP contribution in [-0.4, -0.2) is 93.0 Å². The third-order valence-corrected chi connectivity index (χ3v) is 6.13. The van der Waals surface area contributed by atoms with Crippen molar-refractivity contribution in [1.82, 2.24) is 14.7 Å². The Morgan fingerprint density at radius 1 is 1.15 bits per heavy atom. The van der Waals surface area contributed by atoms with E-state index in [1.807, 2.05) is 12.1 Å². The Bertz CT molecular complexity index is 785. The number of fused-ring (bicyclic) bond motifs is 1. The van der Waals surface area contributed by atoms with Crippen LogP contribution >= 0.6 is 0 Å². The van der Waals surface area contributed by atoms with Crippen LogP contribution in [0, 0.1) is 0 Å². The molecule has 0 bridgehead atoms. The minimum Gasteiger partial charge on any atom is -0.493 e. The third-order valence-electron chi connectivity index (χ3n) is 6.13. The van der Waals surface area contributed by atoms with Gasteiger partial charge in [0.25, 0.3) is 5.91 Å². The van der Waals surface area contributed by atoms with Crippen molar-refractivity contribution in [3.8, 4) is 5.75 Å². The van der Waals surface area contributed by atoms with E-state index in [1.54, 1.807) is 55.1 Å². The first kappa shape index (κ1) is 26.6. The maximum Gasteiger partial charge on any atom is 0.258 e. The van der Waals surface area contributed by atoms with Crippen molar-refractivity contribution in [3.05, 3.63) is 29.8 Å². The first-order chi connectivity index (χ1) is 15.9. The molecule has 0 spiro atoms. The average Bonchev–Trinajstić information content (AvgIpc) is 2.83. The van der Waals surface area contributed by atoms with Crippen LogP contribution in [0.15, 0.2) is 24.3 Å². The number of carbonyl (C=O) groups excluding carboxylic acids is 3. The maximum atomic E-state index is 13.3. The van der Waals surface area contributed by atoms with E-state index in [2.05, 4.69) is 0 Å². The molecule has 0 unspecified atom stereocenters. The quantitative estimate of drug-likeness (QED) is 0.556. The van der Waals surface area contributed by atoms with Crippen molar-refractivity contribution >= 4 is 17.7 Å². The van der Waals surface area contributed by atoms with Crippen molar-refractivity contribution < 1.29 is 23.9 Å². The summed E-state index contributed by atoms with van der Waals surface area (Å²) in [4.78, 5) is 43.7. The summed E-state index contributed by atoms with van der Waals surface area (Å²) in [6.07, 6.45) is 5.10. The highest BCUT2D eigenvalue weighted by molar-refractivity contribution is 5.99. The van der Waals surface area contributed by atoms with Crippen LogP contribution in [0.1, 0.15) is 55.3 Å². The zero-order valence-electron chi connectivity index (χ0n) is 20.5. The zero-order valence-corrected chi connectivity index (χ0v) is 20.5. The van der Waals surface area contributed by atoms with E-state index in [0.717, 1.165) is 32.1 Å². The second-order valence-corrected chi connectivity index (χ2v) is 8.65. The fourth-order valence-corrected chi connectivity index (χ4v) is 3.95. The van der Waals surface area contributed by atoms with E-state index >= 15 is 0 Å². The number of amides is 3. The van der Waals surface area contributed by atoms with Crippen LogP contribution in [0.4, 0.5) is 0 Å². The number of likely N-dealkylation sites (N-methyl/N-ethyl adjacent to an activating group) is 2. The summed E-state index contributed by atoms with van der Waals surface area (Å²) >= 11 is 0. The lowest BCUT2D eigenvalue weighted by Crippen LogP contribution is -2.48. The first-order valence-electron chi connectivity index (χ1n) is 11.8. The lowest BCUT2D eigenvalue weighted by Gasteiger charge is -2.31. The molecule has 0 saturated carbocycles. The zero-order chi connectivity index (χ0) is 24.2. The van der Waals surface area contributed by atoms with Crippen LogP contribution < -0.4 is 4.74 Å². The van der Waals surface area contributed by atoms with E-state index in [4.69, 9.17) is 9.47 Å². The van der Waals surface area contributed by atoms with E-state index in [-0.39, 0.29) is 17.7 Å². The number of nitrogens with zero attached hydrogens (tertiary/aromatic N) is 3. The molecule has 1 aromatic rings. The molecule has 1 atom stereocenters. The van der Waals surface area contributed by atoms with Gasteiger partial charge in [-0.15, -0.1) is 0 Å². The number of hydrogen-bond acceptors (Lipinski definition) is 5. The second-order valence-electron chi connectivity index (χ2n) is 8.65. The normalized spacial score (nSPS) is 18.0. The topological polar surface area (TPSA) is 79.4 Å². The highest BCUT2D eigenvalue weighted by Gasteiger charge is 2.30. The highest BCUT2D eigenvalue weighted by atomic mass is 16.5. The fourth-order valence-electron chi connectivity index (χ4n) is 3.95. The van der Waals surface area contributed by atoms with Crippen LogP contribution in [0.5, 0.6) is 5.75 Å². The molecule has 0 aliphatic carbocycles. The Morgan fingerprint density at radius 3 is 2.67 bits per heavy atom. The summed E-state index contributed by atoms with van der Waals surface area (Å²) in [5.74, 6) is 0.333. The molecule has 0 radical (unpaired) electrons. The summed E-state index contributed by atoms with van der Waals surface area (Å²) < 4.78 is 10.9. The Balaban J connectivity index is 2.10. The van der Waals surface area contributed by atoms with Gasteiger partial charge in [0.1, 0.15) is 11.8 Å². The van der Waals surface area contributed by atoms with E-state index in [1.165, 1.54) is 0 Å². The number of benzene rings is 1. The summed E-state index contributed by atoms with van der Waals surface area (Å²) in [5.41, 5.74) is 0.475. The molecule has 1 heterocycles. The van der Waals surface area contributed by atoms with Gasteiger partial charge in [0, 0.05) is 41.3 Å². The predicted octanol–water partition coefficient (Wildman–Crippen LogP) is 2.81. The second kappa shape index (κ2) is 13.8. The number of para-hydroxylation sites is 1. The van der Waals surface area contributed by atoms with E-state index in [9.17, 15) is 14.4 Å². The number of carbonyl (C=O) groups is 3. The van der Waals surface area contributed by atoms with Gasteiger partial charge < -0.3 is 24.2 Å². The van der Waals surface area contributed by atoms with Crippen molar-refractivity contribution in [3.63, 3.8) is 0 Å². The molecule has 0 N–H and O–H groups in total. The van der Waals surface area contributed by atoms with Crippen molar-refractivity contribution in [1.29, 1.82) is 0 Å². The van der Waals surface area contributed by atoms with E-state index < -0.39 is 6.04 Å². The summed E-state index contributed by atoms with van der Waals surface area (Å²) in [6, 6.07) is 6.65. The number of unbranched alkanes of at least 4 members (excludes halogenated alkanes) is 1. The molecule has 0 saturated heterocycles. The summed E-state index contributed by atoms with van der Waals surface area (Å²) in [7, 11) is 6.85. The molecule has 8 nitrogen and oxygen atoms in total. The minimum absolute atomic E-state index is 0.0404. The predicted molar refractivity (Wildman–Crippen MR) is 127 cm³/mol. The smallest absolute Gasteiger partial charge is 0.258 e. The third kappa shape index (κ3) is 8.03. The number of hydrogen-bond donors (Lipinski definition) is 0. The molecule has 8 heteroatoms. The molecule has 184 valence electrons. The summed E-state index contributed by atoms with van der Waals surface area (Å²) in [6.45, 7) is 2.21. The monoisotopic (exact) mass is 461 g/mol. The van der Waals surface area contributed by atoms with Gasteiger partial charge in [0.05, 0.1) is 25.2 Å². The van der Waals surface area contributed by atoms with Crippen LogP contribution in [0.2, 0.25) is 0 Å². The maximum absolute atomic E-state index is 13.3. The number of rotatable bonds is 8. The summed E-state index contributed by atoms with van der Waals surface area (Å²) in [5, 5.41) is 0. The molecule has 3 amide bonds. The molecular formula is C25H39N3O5. The standard InChI is InChI=1S/C25H39N3O5/c1-26(23(29)15-19-32-4)16-10-8-13-21-25(31)27(2)17-9-5-11-18-33-22-14-7-6-12-20(22)24(30)28(21)3/h6-7,12,14,21H,5,8-11,13,15-19H2,1-4H3/t21-/m0/s1. The molecular weight excluding hydrogens is 422 g/mol. The lowest BCUT2D eigenvalue weighted by atomic mass is 10.0. The van der Waals surface area contributed by atoms with Gasteiger partial charge in [-0.05, 0) is 50.7 Å². The largest absolute Gasteiger partial charge is 0.493 e. The van der Waals surface area contributed by atoms with Gasteiger partial charge in [-0.3, -0.25) is 14.4 Å². The Hall–Kier alpha value is -2.61. The molecule has 0 aromatic heterocycles. The fraction of sp³-hybridized carbons (Fsp3) is 0.640. The van der Waals surface area contributed by atoms with Gasteiger partial charge >= 0.3 is 0 Å². The Morgan fingerprint density at radius 2 is 1.91 bits per heavy atom. The Labute approximate surface area is 197 Å². The van der Waals surface area contributed by atoms with Crippen LogP contribution in [0.3, 0.4) is 0 Å². The van der Waals surface area contributed by atoms with Gasteiger partial charge in [-0.1, -0.05) is 12.1 Å². The lowest BCUT2D eigenvalue weighted by molar-refractivity contribution is -0.135. The molecule has 1 aliphatic rings. The van der Waals surface area contributed by atoms with Gasteiger partial charge in [-0.2, -0.15) is 0 Å². The number of methoxy groups -OCH3 is 1. The van der Waals surface area contributed by atoms with Gasteiger partial charge in [0.2, 0.25) is 11.8 Å². The minimum atomic E-state index is -0.564. The molecule has 1 aromatic carbocycles. The SMILES string of the molecule is COCCC(=O)N(C)CCCC[C@H]1C(=O)N(C)CCCCCOc2ccccc2C(=O)N1C. The van der Waals surface area contributed by atoms with Gasteiger partial charge in [-0.25, -0.2) is 0 Å². The highest BCUT2D eigenvalue weighted by Crippen LogP contribution is 2.23. The average molecular weight is 462 g/mol. The van der Waals surface area contributed by atoms with Crippen LogP contribution in [0.25, 0.3) is 0 Å². The molecule has 33 heavy (non-hydrogen) atoms. The molecule has 0 fully saturated rings. The Kier molecular flexibility index (Phi) is 11.2. The van der Waals surface area contributed by atoms with Gasteiger partial charge in [0.15, 0.2) is 0 Å². The first-order valence-corrected chi connectivity index (χ1v) is 11.8. The molecule has 1 aliphatic heterocycles. The van der Waals surface area contributed by atoms with Crippen molar-refractivity contribution in [2.24, 2.45) is 0 Å². The molecule has 2 rings (SSSR count). The van der Waals surface area contributed by atoms with E-state index in [0.29, 0.717) is 50.5 Å². The van der Waals surface area contributed by atoms with Crippen LogP contribution in [-0.2, 0) is 14.3 Å². The van der Waals surface area contributed by atoms with Crippen molar-refractivity contribution in [2.75, 3.05) is 54.6 Å². The number of ether oxygens (including phenoxy) is 2. The van der Waals surface area contributed by atoms with Crippen molar-refractivity contribution in [2.45, 2.75) is 51.0 Å².